The average molecular weight is 382 g/mol. The minimum atomic E-state index is -0.366. The van der Waals surface area contributed by atoms with Gasteiger partial charge in [0.25, 0.3) is 5.91 Å². The third kappa shape index (κ3) is 4.49. The number of anilines is 2. The molecule has 1 saturated heterocycles. The van der Waals surface area contributed by atoms with E-state index < -0.39 is 0 Å². The van der Waals surface area contributed by atoms with E-state index in [-0.39, 0.29) is 24.5 Å². The van der Waals surface area contributed by atoms with Crippen molar-refractivity contribution in [1.82, 2.24) is 4.90 Å². The van der Waals surface area contributed by atoms with Gasteiger partial charge in [0.05, 0.1) is 11.7 Å². The summed E-state index contributed by atoms with van der Waals surface area (Å²) in [6.45, 7) is 1.18. The molecule has 1 aliphatic heterocycles. The number of hydrogen-bond acceptors (Lipinski definition) is 5. The second-order valence-electron chi connectivity index (χ2n) is 6.96. The molecular formula is C21H26N4O3. The molecule has 1 fully saturated rings. The van der Waals surface area contributed by atoms with Crippen molar-refractivity contribution in [2.45, 2.75) is 25.5 Å². The third-order valence-corrected chi connectivity index (χ3v) is 5.01. The van der Waals surface area contributed by atoms with E-state index in [1.165, 1.54) is 4.90 Å². The molecule has 1 aliphatic rings. The number of piperidine rings is 1. The van der Waals surface area contributed by atoms with E-state index in [1.807, 2.05) is 18.2 Å². The highest BCUT2D eigenvalue weighted by Crippen LogP contribution is 2.22. The SMILES string of the molecule is NCc1ccc(N)c(C(=O)N(CC(=O)N2CCC(O)CC2)c2ccccc2)c1. The van der Waals surface area contributed by atoms with Crippen molar-refractivity contribution in [3.8, 4) is 0 Å². The minimum absolute atomic E-state index is 0.0920. The number of para-hydroxylation sites is 1. The summed E-state index contributed by atoms with van der Waals surface area (Å²) >= 11 is 0. The summed E-state index contributed by atoms with van der Waals surface area (Å²) in [5, 5.41) is 9.66. The Balaban J connectivity index is 1.87. The number of hydrogen-bond donors (Lipinski definition) is 3. The van der Waals surface area contributed by atoms with Gasteiger partial charge in [-0.25, -0.2) is 0 Å². The molecule has 0 spiro atoms. The second kappa shape index (κ2) is 8.86. The van der Waals surface area contributed by atoms with Crippen molar-refractivity contribution < 1.29 is 14.7 Å². The van der Waals surface area contributed by atoms with Gasteiger partial charge in [-0.1, -0.05) is 24.3 Å². The number of rotatable bonds is 5. The quantitative estimate of drug-likeness (QED) is 0.676. The Morgan fingerprint density at radius 3 is 2.43 bits per heavy atom. The van der Waals surface area contributed by atoms with Crippen LogP contribution in [0.3, 0.4) is 0 Å². The predicted molar refractivity (Wildman–Crippen MR) is 109 cm³/mol. The third-order valence-electron chi connectivity index (χ3n) is 5.01. The smallest absolute Gasteiger partial charge is 0.260 e. The zero-order valence-corrected chi connectivity index (χ0v) is 15.8. The zero-order chi connectivity index (χ0) is 20.1. The fourth-order valence-electron chi connectivity index (χ4n) is 3.30. The van der Waals surface area contributed by atoms with Gasteiger partial charge in [-0.05, 0) is 42.7 Å². The highest BCUT2D eigenvalue weighted by atomic mass is 16.3. The summed E-state index contributed by atoms with van der Waals surface area (Å²) in [6, 6.07) is 14.2. The Morgan fingerprint density at radius 1 is 1.11 bits per heavy atom. The largest absolute Gasteiger partial charge is 0.398 e. The molecule has 0 atom stereocenters. The molecule has 5 N–H and O–H groups in total. The molecule has 2 aromatic carbocycles. The molecule has 0 bridgehead atoms. The lowest BCUT2D eigenvalue weighted by Gasteiger charge is -2.32. The fraction of sp³-hybridized carbons (Fsp3) is 0.333. The van der Waals surface area contributed by atoms with Crippen LogP contribution in [0.5, 0.6) is 0 Å². The summed E-state index contributed by atoms with van der Waals surface area (Å²) in [5.41, 5.74) is 13.8. The highest BCUT2D eigenvalue weighted by Gasteiger charge is 2.27. The molecule has 1 heterocycles. The van der Waals surface area contributed by atoms with Crippen LogP contribution in [0, 0.1) is 0 Å². The number of nitrogens with two attached hydrogens (primary N) is 2. The lowest BCUT2D eigenvalue weighted by Crippen LogP contribution is -2.46. The first-order valence-corrected chi connectivity index (χ1v) is 9.41. The Morgan fingerprint density at radius 2 is 1.79 bits per heavy atom. The van der Waals surface area contributed by atoms with Crippen LogP contribution < -0.4 is 16.4 Å². The van der Waals surface area contributed by atoms with Gasteiger partial charge in [0.1, 0.15) is 6.54 Å². The van der Waals surface area contributed by atoms with Crippen LogP contribution in [0.4, 0.5) is 11.4 Å². The van der Waals surface area contributed by atoms with Crippen molar-refractivity contribution >= 4 is 23.2 Å². The summed E-state index contributed by atoms with van der Waals surface area (Å²) in [4.78, 5) is 29.3. The Hall–Kier alpha value is -2.90. The first kappa shape index (κ1) is 19.9. The van der Waals surface area contributed by atoms with Crippen LogP contribution in [0.2, 0.25) is 0 Å². The van der Waals surface area contributed by atoms with Crippen molar-refractivity contribution in [3.05, 3.63) is 59.7 Å². The molecule has 7 nitrogen and oxygen atoms in total. The maximum Gasteiger partial charge on any atom is 0.260 e. The lowest BCUT2D eigenvalue weighted by molar-refractivity contribution is -0.131. The van der Waals surface area contributed by atoms with Crippen LogP contribution in [0.25, 0.3) is 0 Å². The number of carbonyl (C=O) groups excluding carboxylic acids is 2. The van der Waals surface area contributed by atoms with Gasteiger partial charge in [0.2, 0.25) is 5.91 Å². The molecule has 0 aromatic heterocycles. The number of aliphatic hydroxyl groups excluding tert-OH is 1. The highest BCUT2D eigenvalue weighted by molar-refractivity contribution is 6.11. The number of nitrogen functional groups attached to an aromatic ring is 1. The average Bonchev–Trinajstić information content (AvgIpc) is 2.73. The molecule has 0 aliphatic carbocycles. The maximum atomic E-state index is 13.3. The monoisotopic (exact) mass is 382 g/mol. The van der Waals surface area contributed by atoms with E-state index in [2.05, 4.69) is 0 Å². The number of amides is 2. The van der Waals surface area contributed by atoms with Gasteiger partial charge in [-0.15, -0.1) is 0 Å². The van der Waals surface area contributed by atoms with Crippen LogP contribution in [0.15, 0.2) is 48.5 Å². The first-order chi connectivity index (χ1) is 13.5. The van der Waals surface area contributed by atoms with Crippen LogP contribution >= 0.6 is 0 Å². The van der Waals surface area contributed by atoms with Crippen LogP contribution in [-0.4, -0.2) is 47.6 Å². The minimum Gasteiger partial charge on any atom is -0.398 e. The summed E-state index contributed by atoms with van der Waals surface area (Å²) in [7, 11) is 0. The van der Waals surface area contributed by atoms with E-state index in [4.69, 9.17) is 11.5 Å². The van der Waals surface area contributed by atoms with E-state index in [9.17, 15) is 14.7 Å². The predicted octanol–water partition coefficient (Wildman–Crippen LogP) is 1.36. The number of aliphatic hydroxyl groups is 1. The van der Waals surface area contributed by atoms with E-state index in [1.54, 1.807) is 35.2 Å². The second-order valence-corrected chi connectivity index (χ2v) is 6.96. The number of carbonyl (C=O) groups is 2. The van der Waals surface area contributed by atoms with Crippen molar-refractivity contribution in [2.75, 3.05) is 30.3 Å². The lowest BCUT2D eigenvalue weighted by atomic mass is 10.1. The van der Waals surface area contributed by atoms with Crippen LogP contribution in [0.1, 0.15) is 28.8 Å². The molecule has 28 heavy (non-hydrogen) atoms. The molecule has 2 amide bonds. The Labute approximate surface area is 164 Å². The van der Waals surface area contributed by atoms with Gasteiger partial charge in [-0.2, -0.15) is 0 Å². The number of likely N-dealkylation sites (tertiary alicyclic amines) is 1. The normalized spacial score (nSPS) is 14.7. The maximum absolute atomic E-state index is 13.3. The van der Waals surface area contributed by atoms with E-state index >= 15 is 0 Å². The topological polar surface area (TPSA) is 113 Å². The standard InChI is InChI=1S/C21H26N4O3/c22-13-15-6-7-19(23)18(12-15)21(28)25(16-4-2-1-3-5-16)14-20(27)24-10-8-17(26)9-11-24/h1-7,12,17,26H,8-11,13-14,22-23H2. The Kier molecular flexibility index (Phi) is 6.28. The van der Waals surface area contributed by atoms with Gasteiger partial charge < -0.3 is 21.5 Å². The summed E-state index contributed by atoms with van der Waals surface area (Å²) < 4.78 is 0. The molecule has 148 valence electrons. The van der Waals surface area contributed by atoms with Crippen LogP contribution in [-0.2, 0) is 11.3 Å². The van der Waals surface area contributed by atoms with E-state index in [0.29, 0.717) is 49.4 Å². The zero-order valence-electron chi connectivity index (χ0n) is 15.8. The first-order valence-electron chi connectivity index (χ1n) is 9.41. The van der Waals surface area contributed by atoms with Crippen molar-refractivity contribution in [2.24, 2.45) is 5.73 Å². The fourth-order valence-corrected chi connectivity index (χ4v) is 3.30. The molecule has 0 saturated carbocycles. The van der Waals surface area contributed by atoms with Crippen molar-refractivity contribution in [3.63, 3.8) is 0 Å². The number of nitrogens with zero attached hydrogens (tertiary/aromatic N) is 2. The molecule has 0 radical (unpaired) electrons. The Bertz CT molecular complexity index is 833. The molecule has 2 aromatic rings. The van der Waals surface area contributed by atoms with Gasteiger partial charge in [0, 0.05) is 31.0 Å². The van der Waals surface area contributed by atoms with Crippen molar-refractivity contribution in [1.29, 1.82) is 0 Å². The van der Waals surface area contributed by atoms with Gasteiger partial charge in [0.15, 0.2) is 0 Å². The molecule has 0 unspecified atom stereocenters. The summed E-state index contributed by atoms with van der Waals surface area (Å²) in [5.74, 6) is -0.498. The molecule has 3 rings (SSSR count). The van der Waals surface area contributed by atoms with E-state index in [0.717, 1.165) is 5.56 Å². The summed E-state index contributed by atoms with van der Waals surface area (Å²) in [6.07, 6.45) is 0.738. The van der Waals surface area contributed by atoms with Gasteiger partial charge in [-0.3, -0.25) is 14.5 Å². The molecule has 7 heteroatoms. The van der Waals surface area contributed by atoms with Gasteiger partial charge >= 0.3 is 0 Å². The number of benzene rings is 2. The molecular weight excluding hydrogens is 356 g/mol.